The number of allylic oxidation sites excluding steroid dienone is 1. The molecule has 0 saturated carbocycles. The summed E-state index contributed by atoms with van der Waals surface area (Å²) in [5.41, 5.74) is 2.87. The summed E-state index contributed by atoms with van der Waals surface area (Å²) in [4.78, 5) is 15.0. The Morgan fingerprint density at radius 2 is 1.89 bits per heavy atom. The molecule has 0 spiro atoms. The van der Waals surface area contributed by atoms with Gasteiger partial charge in [-0.1, -0.05) is 36.4 Å². The van der Waals surface area contributed by atoms with E-state index in [1.54, 1.807) is 12.3 Å². The molecule has 0 unspecified atom stereocenters. The molecule has 1 aromatic carbocycles. The van der Waals surface area contributed by atoms with E-state index in [-0.39, 0.29) is 5.56 Å². The van der Waals surface area contributed by atoms with Crippen LogP contribution in [0.15, 0.2) is 48.8 Å². The highest BCUT2D eigenvalue weighted by Gasteiger charge is 2.10. The minimum Gasteiger partial charge on any atom is -0.478 e. The van der Waals surface area contributed by atoms with E-state index in [9.17, 15) is 4.79 Å². The Balaban J connectivity index is 2.43. The van der Waals surface area contributed by atoms with Crippen LogP contribution in [0.1, 0.15) is 28.4 Å². The van der Waals surface area contributed by atoms with Gasteiger partial charge in [0.05, 0.1) is 5.56 Å². The van der Waals surface area contributed by atoms with E-state index < -0.39 is 5.97 Å². The van der Waals surface area contributed by atoms with Crippen LogP contribution in [-0.2, 0) is 0 Å². The standard InChI is InChI=1S/C15H13NO2/c1-11(9-12-5-3-2-4-6-12)13-7-8-16-10-14(13)15(17)18/h2-10H,1H3,(H,17,18). The molecule has 0 aliphatic rings. The summed E-state index contributed by atoms with van der Waals surface area (Å²) in [5.74, 6) is -0.959. The lowest BCUT2D eigenvalue weighted by atomic mass is 10.0. The van der Waals surface area contributed by atoms with E-state index in [0.717, 1.165) is 11.1 Å². The van der Waals surface area contributed by atoms with E-state index in [2.05, 4.69) is 4.98 Å². The second kappa shape index (κ2) is 5.27. The lowest BCUT2D eigenvalue weighted by molar-refractivity contribution is 0.0696. The molecule has 0 aliphatic carbocycles. The maximum atomic E-state index is 11.1. The van der Waals surface area contributed by atoms with Gasteiger partial charge in [-0.25, -0.2) is 4.79 Å². The van der Waals surface area contributed by atoms with Gasteiger partial charge in [0.2, 0.25) is 0 Å². The van der Waals surface area contributed by atoms with Crippen LogP contribution in [0.4, 0.5) is 0 Å². The van der Waals surface area contributed by atoms with E-state index in [1.807, 2.05) is 43.3 Å². The summed E-state index contributed by atoms with van der Waals surface area (Å²) < 4.78 is 0. The number of hydrogen-bond donors (Lipinski definition) is 1. The zero-order chi connectivity index (χ0) is 13.0. The second-order valence-corrected chi connectivity index (χ2v) is 3.96. The molecule has 0 radical (unpaired) electrons. The van der Waals surface area contributed by atoms with Crippen molar-refractivity contribution in [1.29, 1.82) is 0 Å². The molecule has 1 aromatic heterocycles. The van der Waals surface area contributed by atoms with Crippen LogP contribution in [-0.4, -0.2) is 16.1 Å². The van der Waals surface area contributed by atoms with E-state index in [4.69, 9.17) is 5.11 Å². The lowest BCUT2D eigenvalue weighted by Gasteiger charge is -2.05. The molecule has 0 amide bonds. The number of hydrogen-bond acceptors (Lipinski definition) is 2. The average molecular weight is 239 g/mol. The summed E-state index contributed by atoms with van der Waals surface area (Å²) in [5, 5.41) is 9.11. The van der Waals surface area contributed by atoms with Crippen molar-refractivity contribution in [3.05, 3.63) is 65.5 Å². The number of nitrogens with zero attached hydrogens (tertiary/aromatic N) is 1. The third kappa shape index (κ3) is 2.63. The Morgan fingerprint density at radius 1 is 1.17 bits per heavy atom. The molecule has 1 N–H and O–H groups in total. The van der Waals surface area contributed by atoms with Crippen LogP contribution in [0, 0.1) is 0 Å². The Labute approximate surface area is 105 Å². The van der Waals surface area contributed by atoms with Crippen LogP contribution in [0.3, 0.4) is 0 Å². The first-order valence-electron chi connectivity index (χ1n) is 5.59. The van der Waals surface area contributed by atoms with E-state index >= 15 is 0 Å². The van der Waals surface area contributed by atoms with Crippen molar-refractivity contribution in [3.63, 3.8) is 0 Å². The normalized spacial score (nSPS) is 11.3. The number of benzene rings is 1. The fraction of sp³-hybridized carbons (Fsp3) is 0.0667. The highest BCUT2D eigenvalue weighted by Crippen LogP contribution is 2.20. The van der Waals surface area contributed by atoms with Gasteiger partial charge in [0.1, 0.15) is 0 Å². The van der Waals surface area contributed by atoms with Gasteiger partial charge in [0, 0.05) is 12.4 Å². The molecule has 2 rings (SSSR count). The number of aromatic carboxylic acids is 1. The highest BCUT2D eigenvalue weighted by molar-refractivity contribution is 5.96. The first-order valence-corrected chi connectivity index (χ1v) is 5.59. The molecule has 90 valence electrons. The van der Waals surface area contributed by atoms with E-state index in [1.165, 1.54) is 6.20 Å². The molecule has 0 bridgehead atoms. The zero-order valence-corrected chi connectivity index (χ0v) is 10.00. The number of aromatic nitrogens is 1. The summed E-state index contributed by atoms with van der Waals surface area (Å²) in [6.45, 7) is 1.90. The molecule has 3 nitrogen and oxygen atoms in total. The van der Waals surface area contributed by atoms with Crippen molar-refractivity contribution in [2.24, 2.45) is 0 Å². The van der Waals surface area contributed by atoms with Crippen LogP contribution >= 0.6 is 0 Å². The molecule has 0 atom stereocenters. The maximum absolute atomic E-state index is 11.1. The van der Waals surface area contributed by atoms with Gasteiger partial charge < -0.3 is 5.11 Å². The minimum absolute atomic E-state index is 0.224. The first-order chi connectivity index (χ1) is 8.68. The van der Waals surface area contributed by atoms with Crippen LogP contribution in [0.2, 0.25) is 0 Å². The molecule has 1 heterocycles. The number of rotatable bonds is 3. The number of carboxylic acid groups (broad SMARTS) is 1. The lowest BCUT2D eigenvalue weighted by Crippen LogP contribution is -2.01. The summed E-state index contributed by atoms with van der Waals surface area (Å²) in [7, 11) is 0. The monoisotopic (exact) mass is 239 g/mol. The predicted molar refractivity (Wildman–Crippen MR) is 71.2 cm³/mol. The summed E-state index contributed by atoms with van der Waals surface area (Å²) >= 11 is 0. The fourth-order valence-corrected chi connectivity index (χ4v) is 1.79. The predicted octanol–water partition coefficient (Wildman–Crippen LogP) is 3.34. The third-order valence-electron chi connectivity index (χ3n) is 2.66. The Morgan fingerprint density at radius 3 is 2.56 bits per heavy atom. The molecular formula is C15H13NO2. The molecule has 0 saturated heterocycles. The largest absolute Gasteiger partial charge is 0.478 e. The Kier molecular flexibility index (Phi) is 3.53. The van der Waals surface area contributed by atoms with Crippen molar-refractivity contribution in [2.75, 3.05) is 0 Å². The number of pyridine rings is 1. The topological polar surface area (TPSA) is 50.2 Å². The molecule has 3 heteroatoms. The van der Waals surface area contributed by atoms with Gasteiger partial charge in [-0.3, -0.25) is 4.98 Å². The van der Waals surface area contributed by atoms with Gasteiger partial charge in [0.15, 0.2) is 0 Å². The molecule has 0 fully saturated rings. The minimum atomic E-state index is -0.959. The van der Waals surface area contributed by atoms with Gasteiger partial charge in [-0.15, -0.1) is 0 Å². The zero-order valence-electron chi connectivity index (χ0n) is 10.00. The highest BCUT2D eigenvalue weighted by atomic mass is 16.4. The number of carboxylic acids is 1. The maximum Gasteiger partial charge on any atom is 0.337 e. The van der Waals surface area contributed by atoms with Gasteiger partial charge in [-0.05, 0) is 29.7 Å². The van der Waals surface area contributed by atoms with Crippen LogP contribution in [0.5, 0.6) is 0 Å². The Hall–Kier alpha value is -2.42. The summed E-state index contributed by atoms with van der Waals surface area (Å²) in [6, 6.07) is 11.5. The molecule has 2 aromatic rings. The van der Waals surface area contributed by atoms with Gasteiger partial charge in [0.25, 0.3) is 0 Å². The van der Waals surface area contributed by atoms with Crippen molar-refractivity contribution in [2.45, 2.75) is 6.92 Å². The average Bonchev–Trinajstić information content (AvgIpc) is 2.40. The quantitative estimate of drug-likeness (QED) is 0.893. The van der Waals surface area contributed by atoms with Gasteiger partial charge >= 0.3 is 5.97 Å². The number of carbonyl (C=O) groups is 1. The van der Waals surface area contributed by atoms with Crippen LogP contribution < -0.4 is 0 Å². The fourth-order valence-electron chi connectivity index (χ4n) is 1.79. The van der Waals surface area contributed by atoms with Crippen molar-refractivity contribution < 1.29 is 9.90 Å². The van der Waals surface area contributed by atoms with Crippen LogP contribution in [0.25, 0.3) is 11.6 Å². The molecular weight excluding hydrogens is 226 g/mol. The smallest absolute Gasteiger partial charge is 0.337 e. The van der Waals surface area contributed by atoms with E-state index in [0.29, 0.717) is 5.56 Å². The van der Waals surface area contributed by atoms with Crippen molar-refractivity contribution in [3.8, 4) is 0 Å². The summed E-state index contributed by atoms with van der Waals surface area (Å²) in [6.07, 6.45) is 4.94. The third-order valence-corrected chi connectivity index (χ3v) is 2.66. The second-order valence-electron chi connectivity index (χ2n) is 3.96. The molecule has 18 heavy (non-hydrogen) atoms. The van der Waals surface area contributed by atoms with Crippen molar-refractivity contribution >= 4 is 17.6 Å². The molecule has 0 aliphatic heterocycles. The van der Waals surface area contributed by atoms with Crippen molar-refractivity contribution in [1.82, 2.24) is 4.98 Å². The first kappa shape index (κ1) is 12.0. The van der Waals surface area contributed by atoms with Gasteiger partial charge in [-0.2, -0.15) is 0 Å². The Bertz CT molecular complexity index is 588. The SMILES string of the molecule is CC(=Cc1ccccc1)c1ccncc1C(=O)O.